The number of nitrogens with zero attached hydrogens (tertiary/aromatic N) is 1. The van der Waals surface area contributed by atoms with Crippen LogP contribution in [0.2, 0.25) is 5.02 Å². The second kappa shape index (κ2) is 9.80. The maximum Gasteiger partial charge on any atom is 0.248 e. The van der Waals surface area contributed by atoms with Gasteiger partial charge in [0.2, 0.25) is 17.7 Å². The van der Waals surface area contributed by atoms with Gasteiger partial charge in [0.15, 0.2) is 0 Å². The van der Waals surface area contributed by atoms with Crippen LogP contribution in [-0.2, 0) is 14.4 Å². The van der Waals surface area contributed by atoms with E-state index in [-0.39, 0.29) is 35.9 Å². The molecule has 0 spiro atoms. The molecule has 2 aromatic carbocycles. The SMILES string of the molecule is CC(c1ccccc1)N1CC(C(=O)NNC(=O)CSc2ccccc2Cl)CC1=O. The molecular formula is C21H22ClN3O3S. The van der Waals surface area contributed by atoms with Crippen molar-refractivity contribution in [3.05, 3.63) is 65.2 Å². The minimum absolute atomic E-state index is 0.0675. The number of nitrogens with one attached hydrogen (secondary N) is 2. The lowest BCUT2D eigenvalue weighted by atomic mass is 10.1. The van der Waals surface area contributed by atoms with Crippen LogP contribution in [0, 0.1) is 5.92 Å². The van der Waals surface area contributed by atoms with Crippen molar-refractivity contribution in [1.29, 1.82) is 0 Å². The Bertz CT molecular complexity index is 894. The van der Waals surface area contributed by atoms with Crippen LogP contribution >= 0.6 is 23.4 Å². The third kappa shape index (κ3) is 5.52. The summed E-state index contributed by atoms with van der Waals surface area (Å²) in [5, 5.41) is 0.575. The molecule has 1 fully saturated rings. The van der Waals surface area contributed by atoms with E-state index >= 15 is 0 Å². The quantitative estimate of drug-likeness (QED) is 0.544. The van der Waals surface area contributed by atoms with E-state index in [1.165, 1.54) is 11.8 Å². The molecule has 3 rings (SSSR count). The van der Waals surface area contributed by atoms with Crippen molar-refractivity contribution in [2.24, 2.45) is 5.92 Å². The van der Waals surface area contributed by atoms with Crippen LogP contribution in [0.25, 0.3) is 0 Å². The zero-order chi connectivity index (χ0) is 20.8. The van der Waals surface area contributed by atoms with Crippen LogP contribution in [0.1, 0.15) is 24.9 Å². The van der Waals surface area contributed by atoms with Gasteiger partial charge in [0.25, 0.3) is 0 Å². The summed E-state index contributed by atoms with van der Waals surface area (Å²) in [7, 11) is 0. The summed E-state index contributed by atoms with van der Waals surface area (Å²) in [6, 6.07) is 16.8. The molecule has 29 heavy (non-hydrogen) atoms. The number of hydrazine groups is 1. The predicted octanol–water partition coefficient (Wildman–Crippen LogP) is 3.19. The highest BCUT2D eigenvalue weighted by Gasteiger charge is 2.37. The van der Waals surface area contributed by atoms with E-state index in [0.29, 0.717) is 11.6 Å². The van der Waals surface area contributed by atoms with Gasteiger partial charge in [-0.1, -0.05) is 54.1 Å². The molecule has 2 aromatic rings. The molecule has 1 aliphatic heterocycles. The molecule has 0 aliphatic carbocycles. The first-order valence-electron chi connectivity index (χ1n) is 9.26. The van der Waals surface area contributed by atoms with Crippen LogP contribution in [0.4, 0.5) is 0 Å². The summed E-state index contributed by atoms with van der Waals surface area (Å²) < 4.78 is 0. The van der Waals surface area contributed by atoms with Crippen molar-refractivity contribution in [2.75, 3.05) is 12.3 Å². The molecule has 1 saturated heterocycles. The fourth-order valence-electron chi connectivity index (χ4n) is 3.17. The molecule has 2 atom stereocenters. The maximum atomic E-state index is 12.4. The molecule has 8 heteroatoms. The van der Waals surface area contributed by atoms with E-state index in [0.717, 1.165) is 10.5 Å². The molecule has 0 saturated carbocycles. The Morgan fingerprint density at radius 2 is 1.83 bits per heavy atom. The van der Waals surface area contributed by atoms with Crippen molar-refractivity contribution >= 4 is 41.1 Å². The Labute approximate surface area is 179 Å². The minimum Gasteiger partial charge on any atom is -0.335 e. The topological polar surface area (TPSA) is 78.5 Å². The molecule has 3 amide bonds. The summed E-state index contributed by atoms with van der Waals surface area (Å²) in [4.78, 5) is 39.3. The molecule has 152 valence electrons. The largest absolute Gasteiger partial charge is 0.335 e. The van der Waals surface area contributed by atoms with Crippen LogP contribution in [0.3, 0.4) is 0 Å². The molecule has 0 bridgehead atoms. The number of thioether (sulfide) groups is 1. The lowest BCUT2D eigenvalue weighted by molar-refractivity contribution is -0.131. The maximum absolute atomic E-state index is 12.4. The second-order valence-electron chi connectivity index (χ2n) is 6.79. The summed E-state index contributed by atoms with van der Waals surface area (Å²) in [6.45, 7) is 2.27. The third-order valence-corrected chi connectivity index (χ3v) is 6.31. The van der Waals surface area contributed by atoms with Gasteiger partial charge in [-0.25, -0.2) is 0 Å². The fourth-order valence-corrected chi connectivity index (χ4v) is 4.21. The number of hydrogen-bond acceptors (Lipinski definition) is 4. The third-order valence-electron chi connectivity index (χ3n) is 4.80. The van der Waals surface area contributed by atoms with E-state index in [2.05, 4.69) is 10.9 Å². The molecular weight excluding hydrogens is 410 g/mol. The monoisotopic (exact) mass is 431 g/mol. The Kier molecular flexibility index (Phi) is 7.17. The molecule has 2 N–H and O–H groups in total. The first-order valence-corrected chi connectivity index (χ1v) is 10.6. The van der Waals surface area contributed by atoms with E-state index in [9.17, 15) is 14.4 Å². The zero-order valence-electron chi connectivity index (χ0n) is 15.9. The number of carbonyl (C=O) groups is 3. The van der Waals surface area contributed by atoms with Crippen LogP contribution in [0.15, 0.2) is 59.5 Å². The van der Waals surface area contributed by atoms with Crippen molar-refractivity contribution in [1.82, 2.24) is 15.8 Å². The van der Waals surface area contributed by atoms with Gasteiger partial charge in [-0.05, 0) is 24.6 Å². The zero-order valence-corrected chi connectivity index (χ0v) is 17.5. The average Bonchev–Trinajstić information content (AvgIpc) is 3.13. The number of rotatable bonds is 6. The van der Waals surface area contributed by atoms with Crippen LogP contribution < -0.4 is 10.9 Å². The van der Waals surface area contributed by atoms with Gasteiger partial charge in [0.05, 0.1) is 22.7 Å². The van der Waals surface area contributed by atoms with Gasteiger partial charge in [0, 0.05) is 17.9 Å². The van der Waals surface area contributed by atoms with Crippen molar-refractivity contribution in [2.45, 2.75) is 24.3 Å². The average molecular weight is 432 g/mol. The van der Waals surface area contributed by atoms with Gasteiger partial charge in [-0.2, -0.15) is 0 Å². The summed E-state index contributed by atoms with van der Waals surface area (Å²) in [5.41, 5.74) is 5.86. The Hall–Kier alpha value is -2.51. The molecule has 0 radical (unpaired) electrons. The van der Waals surface area contributed by atoms with E-state index < -0.39 is 5.92 Å². The minimum atomic E-state index is -0.495. The first kappa shape index (κ1) is 21.2. The summed E-state index contributed by atoms with van der Waals surface area (Å²) in [5.74, 6) is -1.16. The molecule has 1 aliphatic rings. The Morgan fingerprint density at radius 1 is 1.14 bits per heavy atom. The van der Waals surface area contributed by atoms with Crippen molar-refractivity contribution < 1.29 is 14.4 Å². The fraction of sp³-hybridized carbons (Fsp3) is 0.286. The highest BCUT2D eigenvalue weighted by molar-refractivity contribution is 8.00. The van der Waals surface area contributed by atoms with Crippen LogP contribution in [-0.4, -0.2) is 34.9 Å². The van der Waals surface area contributed by atoms with Gasteiger partial charge < -0.3 is 4.90 Å². The lowest BCUT2D eigenvalue weighted by Gasteiger charge is -2.25. The summed E-state index contributed by atoms with van der Waals surface area (Å²) >= 11 is 7.34. The molecule has 2 unspecified atom stereocenters. The highest BCUT2D eigenvalue weighted by atomic mass is 35.5. The second-order valence-corrected chi connectivity index (χ2v) is 8.21. The predicted molar refractivity (Wildman–Crippen MR) is 113 cm³/mol. The Balaban J connectivity index is 1.47. The number of halogens is 1. The number of amides is 3. The number of likely N-dealkylation sites (tertiary alicyclic amines) is 1. The smallest absolute Gasteiger partial charge is 0.248 e. The normalized spacial score (nSPS) is 17.1. The number of benzene rings is 2. The number of carbonyl (C=O) groups excluding carboxylic acids is 3. The first-order chi connectivity index (χ1) is 14.0. The van der Waals surface area contributed by atoms with Crippen molar-refractivity contribution in [3.8, 4) is 0 Å². The van der Waals surface area contributed by atoms with Gasteiger partial charge >= 0.3 is 0 Å². The summed E-state index contributed by atoms with van der Waals surface area (Å²) in [6.07, 6.45) is 0.132. The molecule has 0 aromatic heterocycles. The molecule has 6 nitrogen and oxygen atoms in total. The van der Waals surface area contributed by atoms with Gasteiger partial charge in [-0.3, -0.25) is 25.2 Å². The van der Waals surface area contributed by atoms with Gasteiger partial charge in [0.1, 0.15) is 0 Å². The van der Waals surface area contributed by atoms with Gasteiger partial charge in [-0.15, -0.1) is 11.8 Å². The Morgan fingerprint density at radius 3 is 2.55 bits per heavy atom. The highest BCUT2D eigenvalue weighted by Crippen LogP contribution is 2.28. The van der Waals surface area contributed by atoms with Crippen molar-refractivity contribution in [3.63, 3.8) is 0 Å². The number of hydrogen-bond donors (Lipinski definition) is 2. The standard InChI is InChI=1S/C21H22ClN3O3S/c1-14(15-7-3-2-4-8-15)25-12-16(11-20(25)27)21(28)24-23-19(26)13-29-18-10-6-5-9-17(18)22/h2-10,14,16H,11-13H2,1H3,(H,23,26)(H,24,28). The molecule has 1 heterocycles. The van der Waals surface area contributed by atoms with E-state index in [4.69, 9.17) is 11.6 Å². The lowest BCUT2D eigenvalue weighted by Crippen LogP contribution is -2.45. The van der Waals surface area contributed by atoms with Crippen LogP contribution in [0.5, 0.6) is 0 Å². The van der Waals surface area contributed by atoms with E-state index in [1.54, 1.807) is 11.0 Å². The van der Waals surface area contributed by atoms with E-state index in [1.807, 2.05) is 55.5 Å².